The molecule has 0 aliphatic carbocycles. The third-order valence-corrected chi connectivity index (χ3v) is 12.8. The first-order chi connectivity index (χ1) is 30.3. The van der Waals surface area contributed by atoms with Gasteiger partial charge in [-0.05, 0) is 112 Å². The quantitative estimate of drug-likeness (QED) is 0.165. The van der Waals surface area contributed by atoms with Crippen LogP contribution in [0, 0.1) is 0 Å². The zero-order chi connectivity index (χ0) is 40.0. The Hall–Kier alpha value is -8.14. The first-order valence-electron chi connectivity index (χ1n) is 21.0. The van der Waals surface area contributed by atoms with E-state index < -0.39 is 0 Å². The molecule has 3 heteroatoms. The fourth-order valence-corrected chi connectivity index (χ4v) is 10.1. The second-order valence-corrected chi connectivity index (χ2v) is 16.1. The average molecular weight is 776 g/mol. The topological polar surface area (TPSA) is 14.8 Å². The van der Waals surface area contributed by atoms with Crippen LogP contribution < -0.4 is 0 Å². The summed E-state index contributed by atoms with van der Waals surface area (Å²) in [6.07, 6.45) is 0. The van der Waals surface area contributed by atoms with Crippen molar-refractivity contribution in [1.82, 2.24) is 13.7 Å². The lowest BCUT2D eigenvalue weighted by atomic mass is 10.00. The summed E-state index contributed by atoms with van der Waals surface area (Å²) in [7, 11) is 0. The van der Waals surface area contributed by atoms with Crippen LogP contribution in [0.3, 0.4) is 0 Å². The van der Waals surface area contributed by atoms with E-state index in [0.717, 1.165) is 17.1 Å². The van der Waals surface area contributed by atoms with Gasteiger partial charge in [-0.1, -0.05) is 146 Å². The van der Waals surface area contributed by atoms with Crippen LogP contribution in [0.4, 0.5) is 0 Å². The predicted molar refractivity (Wildman–Crippen MR) is 258 cm³/mol. The molecule has 0 unspecified atom stereocenters. The van der Waals surface area contributed by atoms with E-state index >= 15 is 0 Å². The molecule has 0 radical (unpaired) electrons. The first kappa shape index (κ1) is 33.8. The number of para-hydroxylation sites is 3. The van der Waals surface area contributed by atoms with Crippen LogP contribution in [0.15, 0.2) is 224 Å². The minimum Gasteiger partial charge on any atom is -0.309 e. The molecule has 10 aromatic carbocycles. The molecule has 0 aliphatic rings. The minimum atomic E-state index is 1.15. The van der Waals surface area contributed by atoms with Gasteiger partial charge >= 0.3 is 0 Å². The summed E-state index contributed by atoms with van der Waals surface area (Å²) in [5.41, 5.74) is 15.4. The van der Waals surface area contributed by atoms with Gasteiger partial charge in [0.15, 0.2) is 0 Å². The lowest BCUT2D eigenvalue weighted by molar-refractivity contribution is 1.18. The summed E-state index contributed by atoms with van der Waals surface area (Å²) in [6, 6.07) is 82.3. The molecule has 13 rings (SSSR count). The highest BCUT2D eigenvalue weighted by atomic mass is 15.0. The van der Waals surface area contributed by atoms with Crippen molar-refractivity contribution in [3.05, 3.63) is 224 Å². The molecule has 0 spiro atoms. The van der Waals surface area contributed by atoms with E-state index in [-0.39, 0.29) is 0 Å². The molecule has 0 atom stereocenters. The average Bonchev–Trinajstić information content (AvgIpc) is 3.97. The van der Waals surface area contributed by atoms with Gasteiger partial charge in [-0.25, -0.2) is 0 Å². The Morgan fingerprint density at radius 1 is 0.230 bits per heavy atom. The fourth-order valence-electron chi connectivity index (χ4n) is 10.1. The van der Waals surface area contributed by atoms with Crippen LogP contribution >= 0.6 is 0 Å². The Balaban J connectivity index is 1.08. The van der Waals surface area contributed by atoms with Gasteiger partial charge in [0.2, 0.25) is 0 Å². The number of rotatable bonds is 5. The number of hydrogen-bond acceptors (Lipinski definition) is 0. The maximum absolute atomic E-state index is 2.47. The number of hydrogen-bond donors (Lipinski definition) is 0. The third-order valence-electron chi connectivity index (χ3n) is 12.8. The van der Waals surface area contributed by atoms with Crippen molar-refractivity contribution in [1.29, 1.82) is 0 Å². The Labute approximate surface area is 352 Å². The van der Waals surface area contributed by atoms with Gasteiger partial charge in [0, 0.05) is 49.4 Å². The predicted octanol–water partition coefficient (Wildman–Crippen LogP) is 15.5. The van der Waals surface area contributed by atoms with Gasteiger partial charge in [0.1, 0.15) is 0 Å². The van der Waals surface area contributed by atoms with E-state index in [1.807, 2.05) is 0 Å². The van der Waals surface area contributed by atoms with Crippen LogP contribution in [-0.2, 0) is 0 Å². The Morgan fingerprint density at radius 2 is 0.754 bits per heavy atom. The molecular formula is C58H37N3. The smallest absolute Gasteiger partial charge is 0.0641 e. The molecule has 13 aromatic rings. The monoisotopic (exact) mass is 775 g/mol. The van der Waals surface area contributed by atoms with Crippen LogP contribution in [0.25, 0.3) is 116 Å². The molecule has 0 N–H and O–H groups in total. The van der Waals surface area contributed by atoms with Crippen molar-refractivity contribution < 1.29 is 0 Å². The molecule has 3 nitrogen and oxygen atoms in total. The lowest BCUT2D eigenvalue weighted by Gasteiger charge is -2.11. The Kier molecular flexibility index (Phi) is 7.31. The molecule has 3 aromatic heterocycles. The van der Waals surface area contributed by atoms with Crippen molar-refractivity contribution in [2.45, 2.75) is 0 Å². The van der Waals surface area contributed by atoms with Gasteiger partial charge in [0.05, 0.1) is 33.1 Å². The SMILES string of the molecule is c1ccc(-c2cccc(-n3c4ccccc4c4cc(-c5ccc6c(c5)c5c(ccc7c8ccccc8n(-c8ccccc8)c75)n6-c5ccc6ccccc6c5)ccc43)c2)cc1. The van der Waals surface area contributed by atoms with Crippen molar-refractivity contribution in [2.24, 2.45) is 0 Å². The maximum atomic E-state index is 2.47. The molecule has 0 saturated heterocycles. The van der Waals surface area contributed by atoms with Crippen molar-refractivity contribution in [2.75, 3.05) is 0 Å². The summed E-state index contributed by atoms with van der Waals surface area (Å²) >= 11 is 0. The zero-order valence-corrected chi connectivity index (χ0v) is 33.2. The van der Waals surface area contributed by atoms with E-state index in [0.29, 0.717) is 0 Å². The molecule has 0 amide bonds. The minimum absolute atomic E-state index is 1.15. The summed E-state index contributed by atoms with van der Waals surface area (Å²) in [6.45, 7) is 0. The highest BCUT2D eigenvalue weighted by Crippen LogP contribution is 2.44. The zero-order valence-electron chi connectivity index (χ0n) is 33.2. The van der Waals surface area contributed by atoms with Crippen molar-refractivity contribution in [3.63, 3.8) is 0 Å². The van der Waals surface area contributed by atoms with Crippen LogP contribution in [0.2, 0.25) is 0 Å². The summed E-state index contributed by atoms with van der Waals surface area (Å²) < 4.78 is 7.35. The molecule has 0 fully saturated rings. The molecule has 61 heavy (non-hydrogen) atoms. The van der Waals surface area contributed by atoms with Gasteiger partial charge in [0.25, 0.3) is 0 Å². The molecule has 3 heterocycles. The largest absolute Gasteiger partial charge is 0.309 e. The van der Waals surface area contributed by atoms with Crippen LogP contribution in [0.5, 0.6) is 0 Å². The molecular weight excluding hydrogens is 739 g/mol. The highest BCUT2D eigenvalue weighted by molar-refractivity contribution is 6.26. The fraction of sp³-hybridized carbons (Fsp3) is 0. The number of aromatic nitrogens is 3. The van der Waals surface area contributed by atoms with E-state index in [1.165, 1.54) is 98.4 Å². The van der Waals surface area contributed by atoms with Gasteiger partial charge < -0.3 is 13.7 Å². The first-order valence-corrected chi connectivity index (χ1v) is 21.0. The Bertz CT molecular complexity index is 3860. The van der Waals surface area contributed by atoms with E-state index in [1.54, 1.807) is 0 Å². The van der Waals surface area contributed by atoms with Gasteiger partial charge in [-0.3, -0.25) is 0 Å². The summed E-state index contributed by atoms with van der Waals surface area (Å²) in [5.74, 6) is 0. The van der Waals surface area contributed by atoms with E-state index in [4.69, 9.17) is 0 Å². The molecule has 0 saturated carbocycles. The number of benzene rings is 10. The van der Waals surface area contributed by atoms with Gasteiger partial charge in [-0.15, -0.1) is 0 Å². The second-order valence-electron chi connectivity index (χ2n) is 16.1. The summed E-state index contributed by atoms with van der Waals surface area (Å²) in [4.78, 5) is 0. The van der Waals surface area contributed by atoms with E-state index in [9.17, 15) is 0 Å². The number of fused-ring (bicyclic) bond motifs is 11. The maximum Gasteiger partial charge on any atom is 0.0641 e. The standard InChI is InChI=1S/C58H37N3/c1-3-14-38(15-4-1)41-18-13-21-45(34-41)59-52-24-11-10-23-48(52)50-36-42(27-31-54(50)59)43-28-32-55-51(37-43)57-56(60(55)46-29-26-39-16-7-8-17-40(39)35-46)33-30-49-47-22-9-12-25-53(47)61(58(49)57)44-19-5-2-6-20-44/h1-37H. The lowest BCUT2D eigenvalue weighted by Crippen LogP contribution is -1.95. The second kappa shape index (κ2) is 13.2. The van der Waals surface area contributed by atoms with Crippen molar-refractivity contribution >= 4 is 76.2 Å². The summed E-state index contributed by atoms with van der Waals surface area (Å²) in [5, 5.41) is 9.93. The van der Waals surface area contributed by atoms with E-state index in [2.05, 4.69) is 238 Å². The number of nitrogens with zero attached hydrogens (tertiary/aromatic N) is 3. The van der Waals surface area contributed by atoms with Gasteiger partial charge in [-0.2, -0.15) is 0 Å². The highest BCUT2D eigenvalue weighted by Gasteiger charge is 2.22. The van der Waals surface area contributed by atoms with Crippen LogP contribution in [0.1, 0.15) is 0 Å². The normalized spacial score (nSPS) is 11.9. The molecule has 0 bridgehead atoms. The Morgan fingerprint density at radius 3 is 1.54 bits per heavy atom. The van der Waals surface area contributed by atoms with Crippen LogP contribution in [-0.4, -0.2) is 13.7 Å². The third kappa shape index (κ3) is 5.11. The molecule has 284 valence electrons. The molecule has 0 aliphatic heterocycles. The van der Waals surface area contributed by atoms with Crippen molar-refractivity contribution in [3.8, 4) is 39.3 Å².